The van der Waals surface area contributed by atoms with Crippen LogP contribution in [0.5, 0.6) is 11.5 Å². The van der Waals surface area contributed by atoms with Crippen molar-refractivity contribution in [2.24, 2.45) is 5.92 Å². The fourth-order valence-electron chi connectivity index (χ4n) is 5.68. The number of carbonyl (C=O) groups is 1. The smallest absolute Gasteiger partial charge is 0.259 e. The number of likely N-dealkylation sites (tertiary alicyclic amines) is 1. The second kappa shape index (κ2) is 11.1. The zero-order valence-electron chi connectivity index (χ0n) is 21.2. The molecule has 2 aromatic carbocycles. The lowest BCUT2D eigenvalue weighted by Crippen LogP contribution is -2.49. The zero-order chi connectivity index (χ0) is 24.9. The van der Waals surface area contributed by atoms with Crippen molar-refractivity contribution < 1.29 is 14.3 Å². The molecule has 1 saturated heterocycles. The molecule has 1 unspecified atom stereocenters. The fourth-order valence-corrected chi connectivity index (χ4v) is 5.68. The molecule has 190 valence electrons. The summed E-state index contributed by atoms with van der Waals surface area (Å²) < 4.78 is 12.6. The maximum atomic E-state index is 14.2. The standard InChI is InChI=1S/C28H35N5O3/c1-35-25-14-13-22(18-26(25)36-2)28(34)33(24-11-6-10-23(19-24)32-17-15-29-30-32)27-12-7-16-31(27)20-21-8-4-3-5-9-21/h6,10-11,13-15,17-19,21,27H,3-5,7-9,12,16,20H2,1-2H3. The SMILES string of the molecule is COc1ccc(C(=O)N(c2cccc(-n3ccnn3)c2)C2CCCN2CC2CCCCC2)cc1OC. The van der Waals surface area contributed by atoms with E-state index in [1.165, 1.54) is 32.1 Å². The predicted molar refractivity (Wildman–Crippen MR) is 139 cm³/mol. The second-order valence-electron chi connectivity index (χ2n) is 9.73. The summed E-state index contributed by atoms with van der Waals surface area (Å²) in [6, 6.07) is 13.4. The lowest BCUT2D eigenvalue weighted by molar-refractivity contribution is 0.0932. The Hall–Kier alpha value is -3.39. The Morgan fingerprint density at radius 1 is 1.00 bits per heavy atom. The van der Waals surface area contributed by atoms with Crippen LogP contribution in [0.1, 0.15) is 55.3 Å². The third-order valence-electron chi connectivity index (χ3n) is 7.49. The van der Waals surface area contributed by atoms with E-state index in [2.05, 4.69) is 15.2 Å². The maximum absolute atomic E-state index is 14.2. The zero-order valence-corrected chi connectivity index (χ0v) is 21.2. The first-order valence-corrected chi connectivity index (χ1v) is 12.9. The molecule has 1 aliphatic heterocycles. The van der Waals surface area contributed by atoms with E-state index >= 15 is 0 Å². The molecule has 2 fully saturated rings. The van der Waals surface area contributed by atoms with Gasteiger partial charge in [0.25, 0.3) is 5.91 Å². The summed E-state index contributed by atoms with van der Waals surface area (Å²) >= 11 is 0. The average Bonchev–Trinajstić information content (AvgIpc) is 3.62. The van der Waals surface area contributed by atoms with Crippen molar-refractivity contribution in [1.29, 1.82) is 0 Å². The van der Waals surface area contributed by atoms with Gasteiger partial charge >= 0.3 is 0 Å². The molecule has 1 amide bonds. The molecule has 36 heavy (non-hydrogen) atoms. The lowest BCUT2D eigenvalue weighted by Gasteiger charge is -2.38. The van der Waals surface area contributed by atoms with Gasteiger partial charge in [-0.3, -0.25) is 14.6 Å². The largest absolute Gasteiger partial charge is 0.493 e. The normalized spacial score (nSPS) is 18.8. The van der Waals surface area contributed by atoms with Crippen LogP contribution in [-0.2, 0) is 0 Å². The van der Waals surface area contributed by atoms with Gasteiger partial charge in [0.2, 0.25) is 0 Å². The van der Waals surface area contributed by atoms with E-state index in [0.717, 1.165) is 37.3 Å². The van der Waals surface area contributed by atoms with Gasteiger partial charge in [0, 0.05) is 24.3 Å². The van der Waals surface area contributed by atoms with Crippen molar-refractivity contribution >= 4 is 11.6 Å². The molecule has 1 aliphatic carbocycles. The minimum absolute atomic E-state index is 0.00137. The predicted octanol–water partition coefficient (Wildman–Crippen LogP) is 4.93. The number of hydrogen-bond donors (Lipinski definition) is 0. The number of amides is 1. The van der Waals surface area contributed by atoms with Crippen LogP contribution in [-0.4, -0.2) is 59.3 Å². The average molecular weight is 490 g/mol. The Morgan fingerprint density at radius 2 is 1.83 bits per heavy atom. The summed E-state index contributed by atoms with van der Waals surface area (Å²) in [4.78, 5) is 18.7. The van der Waals surface area contributed by atoms with Gasteiger partial charge in [-0.2, -0.15) is 0 Å². The minimum Gasteiger partial charge on any atom is -0.493 e. The van der Waals surface area contributed by atoms with Gasteiger partial charge in [0.05, 0.1) is 38.5 Å². The highest BCUT2D eigenvalue weighted by Gasteiger charge is 2.36. The number of benzene rings is 2. The number of carbonyl (C=O) groups excluding carboxylic acids is 1. The maximum Gasteiger partial charge on any atom is 0.259 e. The molecule has 2 aliphatic rings. The van der Waals surface area contributed by atoms with Crippen molar-refractivity contribution in [2.75, 3.05) is 32.2 Å². The molecule has 1 saturated carbocycles. The Balaban J connectivity index is 1.51. The van der Waals surface area contributed by atoms with Crippen LogP contribution in [0.15, 0.2) is 54.9 Å². The Labute approximate surface area is 212 Å². The molecule has 1 aromatic heterocycles. The molecular weight excluding hydrogens is 454 g/mol. The molecule has 0 bridgehead atoms. The summed E-state index contributed by atoms with van der Waals surface area (Å²) in [5, 5.41) is 8.09. The number of anilines is 1. The molecule has 5 rings (SSSR count). The second-order valence-corrected chi connectivity index (χ2v) is 9.73. The Kier molecular flexibility index (Phi) is 7.51. The van der Waals surface area contributed by atoms with Crippen LogP contribution >= 0.6 is 0 Å². The first-order chi connectivity index (χ1) is 17.7. The van der Waals surface area contributed by atoms with E-state index < -0.39 is 0 Å². The Bertz CT molecular complexity index is 1160. The van der Waals surface area contributed by atoms with Gasteiger partial charge in [-0.05, 0) is 68.0 Å². The molecule has 8 heteroatoms. The van der Waals surface area contributed by atoms with Gasteiger partial charge in [-0.1, -0.05) is 30.5 Å². The van der Waals surface area contributed by atoms with Crippen LogP contribution in [0.25, 0.3) is 5.69 Å². The van der Waals surface area contributed by atoms with E-state index in [0.29, 0.717) is 23.0 Å². The number of rotatable bonds is 8. The van der Waals surface area contributed by atoms with Gasteiger partial charge in [0.1, 0.15) is 0 Å². The van der Waals surface area contributed by atoms with E-state index in [9.17, 15) is 4.79 Å². The van der Waals surface area contributed by atoms with Crippen LogP contribution in [0.4, 0.5) is 5.69 Å². The summed E-state index contributed by atoms with van der Waals surface area (Å²) in [7, 11) is 3.19. The van der Waals surface area contributed by atoms with E-state index in [-0.39, 0.29) is 12.1 Å². The van der Waals surface area contributed by atoms with Gasteiger partial charge in [0.15, 0.2) is 11.5 Å². The minimum atomic E-state index is -0.0489. The van der Waals surface area contributed by atoms with Gasteiger partial charge < -0.3 is 9.47 Å². The van der Waals surface area contributed by atoms with Gasteiger partial charge in [-0.25, -0.2) is 4.68 Å². The van der Waals surface area contributed by atoms with Crippen LogP contribution < -0.4 is 14.4 Å². The summed E-state index contributed by atoms with van der Waals surface area (Å²) in [5.74, 6) is 1.81. The highest BCUT2D eigenvalue weighted by atomic mass is 16.5. The first-order valence-electron chi connectivity index (χ1n) is 12.9. The van der Waals surface area contributed by atoms with Crippen molar-refractivity contribution in [2.45, 2.75) is 51.1 Å². The summed E-state index contributed by atoms with van der Waals surface area (Å²) in [6.07, 6.45) is 12.0. The lowest BCUT2D eigenvalue weighted by atomic mass is 9.89. The fraction of sp³-hybridized carbons (Fsp3) is 0.464. The molecular formula is C28H35N5O3. The highest BCUT2D eigenvalue weighted by Crippen LogP contribution is 2.34. The first kappa shape index (κ1) is 24.3. The highest BCUT2D eigenvalue weighted by molar-refractivity contribution is 6.07. The van der Waals surface area contributed by atoms with Crippen LogP contribution in [0, 0.1) is 5.92 Å². The van der Waals surface area contributed by atoms with Crippen molar-refractivity contribution in [1.82, 2.24) is 19.9 Å². The van der Waals surface area contributed by atoms with E-state index in [4.69, 9.17) is 9.47 Å². The number of aromatic nitrogens is 3. The molecule has 3 aromatic rings. The van der Waals surface area contributed by atoms with Crippen molar-refractivity contribution in [3.8, 4) is 17.2 Å². The number of ether oxygens (including phenoxy) is 2. The topological polar surface area (TPSA) is 72.7 Å². The third kappa shape index (κ3) is 5.09. The van der Waals surface area contributed by atoms with Crippen molar-refractivity contribution in [3.63, 3.8) is 0 Å². The molecule has 0 radical (unpaired) electrons. The molecule has 0 N–H and O–H groups in total. The summed E-state index contributed by atoms with van der Waals surface area (Å²) in [6.45, 7) is 2.06. The number of hydrogen-bond acceptors (Lipinski definition) is 6. The molecule has 1 atom stereocenters. The van der Waals surface area contributed by atoms with E-state index in [1.54, 1.807) is 37.2 Å². The monoisotopic (exact) mass is 489 g/mol. The molecule has 0 spiro atoms. The molecule has 2 heterocycles. The third-order valence-corrected chi connectivity index (χ3v) is 7.49. The van der Waals surface area contributed by atoms with E-state index in [1.807, 2.05) is 41.4 Å². The Morgan fingerprint density at radius 3 is 2.58 bits per heavy atom. The van der Waals surface area contributed by atoms with Crippen LogP contribution in [0.3, 0.4) is 0 Å². The quantitative estimate of drug-likeness (QED) is 0.447. The van der Waals surface area contributed by atoms with Crippen molar-refractivity contribution in [3.05, 3.63) is 60.4 Å². The number of nitrogens with zero attached hydrogens (tertiary/aromatic N) is 5. The van der Waals surface area contributed by atoms with Crippen LogP contribution in [0.2, 0.25) is 0 Å². The molecule has 8 nitrogen and oxygen atoms in total. The number of methoxy groups -OCH3 is 2. The summed E-state index contributed by atoms with van der Waals surface area (Å²) in [5.41, 5.74) is 2.29. The van der Waals surface area contributed by atoms with Gasteiger partial charge in [-0.15, -0.1) is 5.10 Å².